The van der Waals surface area contributed by atoms with E-state index in [9.17, 15) is 18.0 Å². The van der Waals surface area contributed by atoms with Gasteiger partial charge in [0.25, 0.3) is 10.0 Å². The van der Waals surface area contributed by atoms with Crippen LogP contribution in [0, 0.1) is 0 Å². The van der Waals surface area contributed by atoms with Crippen LogP contribution < -0.4 is 10.1 Å². The normalized spacial score (nSPS) is 19.7. The summed E-state index contributed by atoms with van der Waals surface area (Å²) in [5.41, 5.74) is 0.613. The van der Waals surface area contributed by atoms with Crippen molar-refractivity contribution in [3.8, 4) is 5.75 Å². The molecule has 38 heavy (non-hydrogen) atoms. The lowest BCUT2D eigenvalue weighted by molar-refractivity contribution is -0.130. The van der Waals surface area contributed by atoms with Gasteiger partial charge in [-0.3, -0.25) is 14.5 Å². The molecule has 2 aromatic rings. The number of amides is 2. The second-order valence-corrected chi connectivity index (χ2v) is 13.5. The number of carbonyl (C=O) groups excluding carboxylic acids is 2. The van der Waals surface area contributed by atoms with E-state index < -0.39 is 15.3 Å². The van der Waals surface area contributed by atoms with Gasteiger partial charge in [-0.05, 0) is 55.0 Å². The molecule has 1 aromatic carbocycles. The van der Waals surface area contributed by atoms with Gasteiger partial charge in [0.05, 0.1) is 6.61 Å². The zero-order chi connectivity index (χ0) is 27.0. The molecule has 0 bridgehead atoms. The van der Waals surface area contributed by atoms with Gasteiger partial charge in [-0.2, -0.15) is 8.42 Å². The zero-order valence-electron chi connectivity index (χ0n) is 21.6. The Morgan fingerprint density at radius 3 is 2.55 bits per heavy atom. The van der Waals surface area contributed by atoms with Crippen LogP contribution in [0.5, 0.6) is 5.75 Å². The van der Waals surface area contributed by atoms with Crippen molar-refractivity contribution >= 4 is 55.8 Å². The van der Waals surface area contributed by atoms with Crippen LogP contribution in [0.1, 0.15) is 71.1 Å². The Kier molecular flexibility index (Phi) is 10.3. The molecule has 1 aliphatic heterocycles. The molecule has 1 aromatic heterocycles. The van der Waals surface area contributed by atoms with E-state index in [-0.39, 0.29) is 33.7 Å². The van der Waals surface area contributed by atoms with Crippen molar-refractivity contribution in [3.63, 3.8) is 0 Å². The number of carbonyl (C=O) groups is 2. The summed E-state index contributed by atoms with van der Waals surface area (Å²) in [4.78, 5) is 27.8. The third-order valence-corrected chi connectivity index (χ3v) is 10.5. The van der Waals surface area contributed by atoms with E-state index >= 15 is 0 Å². The summed E-state index contributed by atoms with van der Waals surface area (Å²) in [6.45, 7) is 2.83. The Labute approximate surface area is 233 Å². The predicted octanol–water partition coefficient (Wildman–Crippen LogP) is 6.06. The van der Waals surface area contributed by atoms with Gasteiger partial charge >= 0.3 is 0 Å². The van der Waals surface area contributed by atoms with Crippen LogP contribution in [0.15, 0.2) is 50.4 Å². The molecule has 2 amide bonds. The number of nitrogens with zero attached hydrogens (tertiary/aromatic N) is 2. The van der Waals surface area contributed by atoms with Crippen LogP contribution >= 0.6 is 23.1 Å². The van der Waals surface area contributed by atoms with Crippen molar-refractivity contribution in [1.82, 2.24) is 4.90 Å². The lowest BCUT2D eigenvalue weighted by Gasteiger charge is -2.30. The molecule has 1 saturated carbocycles. The van der Waals surface area contributed by atoms with Crippen LogP contribution in [0.3, 0.4) is 0 Å². The van der Waals surface area contributed by atoms with Gasteiger partial charge < -0.3 is 10.1 Å². The van der Waals surface area contributed by atoms with Crippen LogP contribution in [-0.2, 0) is 19.6 Å². The molecule has 4 rings (SSSR count). The fraction of sp³-hybridized carbons (Fsp3) is 0.519. The summed E-state index contributed by atoms with van der Waals surface area (Å²) in [6, 6.07) is 10.2. The Balaban J connectivity index is 1.40. The number of benzene rings is 1. The van der Waals surface area contributed by atoms with Gasteiger partial charge in [0.2, 0.25) is 11.8 Å². The largest absolute Gasteiger partial charge is 0.494 e. The van der Waals surface area contributed by atoms with E-state index in [0.717, 1.165) is 73.8 Å². The molecular formula is C27H35N3O5S3. The molecule has 2 fully saturated rings. The first-order valence-electron chi connectivity index (χ1n) is 13.3. The molecule has 206 valence electrons. The average molecular weight is 578 g/mol. The minimum Gasteiger partial charge on any atom is -0.494 e. The summed E-state index contributed by atoms with van der Waals surface area (Å²) in [6.07, 6.45) is 9.13. The van der Waals surface area contributed by atoms with Gasteiger partial charge in [0.15, 0.2) is 5.17 Å². The molecule has 0 spiro atoms. The van der Waals surface area contributed by atoms with Crippen LogP contribution in [0.4, 0.5) is 5.69 Å². The van der Waals surface area contributed by atoms with Gasteiger partial charge in [0, 0.05) is 18.2 Å². The van der Waals surface area contributed by atoms with E-state index in [0.29, 0.717) is 12.3 Å². The zero-order valence-corrected chi connectivity index (χ0v) is 24.1. The van der Waals surface area contributed by atoms with Crippen molar-refractivity contribution in [2.24, 2.45) is 4.40 Å². The molecule has 1 N–H and O–H groups in total. The molecule has 1 aliphatic carbocycles. The van der Waals surface area contributed by atoms with Crippen molar-refractivity contribution in [3.05, 3.63) is 41.8 Å². The number of amidine groups is 1. The lowest BCUT2D eigenvalue weighted by Crippen LogP contribution is -2.42. The van der Waals surface area contributed by atoms with E-state index in [1.807, 2.05) is 12.1 Å². The van der Waals surface area contributed by atoms with E-state index in [1.165, 1.54) is 18.9 Å². The Morgan fingerprint density at radius 2 is 1.87 bits per heavy atom. The topological polar surface area (TPSA) is 105 Å². The third kappa shape index (κ3) is 7.60. The van der Waals surface area contributed by atoms with Crippen molar-refractivity contribution < 1.29 is 22.7 Å². The van der Waals surface area contributed by atoms with Crippen molar-refractivity contribution in [2.75, 3.05) is 11.9 Å². The highest BCUT2D eigenvalue weighted by molar-refractivity contribution is 8.16. The average Bonchev–Trinajstić information content (AvgIpc) is 3.55. The Bertz CT molecular complexity index is 1210. The molecule has 11 heteroatoms. The van der Waals surface area contributed by atoms with Gasteiger partial charge in [-0.15, -0.1) is 15.7 Å². The summed E-state index contributed by atoms with van der Waals surface area (Å²) in [5, 5.41) is 3.98. The number of anilines is 1. The minimum atomic E-state index is -3.93. The molecule has 8 nitrogen and oxygen atoms in total. The van der Waals surface area contributed by atoms with Gasteiger partial charge in [-0.25, -0.2) is 0 Å². The quantitative estimate of drug-likeness (QED) is 0.308. The van der Waals surface area contributed by atoms with Crippen molar-refractivity contribution in [1.29, 1.82) is 0 Å². The smallest absolute Gasteiger partial charge is 0.294 e. The van der Waals surface area contributed by atoms with Crippen LogP contribution in [-0.4, -0.2) is 48.2 Å². The lowest BCUT2D eigenvalue weighted by atomic mass is 9.94. The first-order chi connectivity index (χ1) is 18.4. The molecule has 1 atom stereocenters. The second kappa shape index (κ2) is 13.6. The Hall–Kier alpha value is -2.37. The summed E-state index contributed by atoms with van der Waals surface area (Å²) >= 11 is 2.16. The number of rotatable bonds is 12. The van der Waals surface area contributed by atoms with Gasteiger partial charge in [0.1, 0.15) is 15.2 Å². The number of unbranched alkanes of at least 4 members (excludes halogenated alkanes) is 3. The van der Waals surface area contributed by atoms with E-state index in [2.05, 4.69) is 16.6 Å². The number of nitrogens with one attached hydrogen (secondary N) is 1. The van der Waals surface area contributed by atoms with Gasteiger partial charge in [-0.1, -0.05) is 63.3 Å². The highest BCUT2D eigenvalue weighted by atomic mass is 32.2. The summed E-state index contributed by atoms with van der Waals surface area (Å²) in [7, 11) is -3.93. The SMILES string of the molecule is CCCCCCOc1ccc(NC(=O)CC2SC(=NS(=O)(=O)c3cccs3)N(C3CCCCC3)C2=O)cc1. The molecule has 0 radical (unpaired) electrons. The number of hydrogen-bond acceptors (Lipinski definition) is 7. The molecule has 1 unspecified atom stereocenters. The number of ether oxygens (including phenoxy) is 1. The second-order valence-electron chi connectivity index (χ2n) is 9.57. The standard InChI is InChI=1S/C27H35N3O5S3/c1-2-3-4-8-17-35-22-15-13-20(14-16-22)28-24(31)19-23-26(32)30(21-10-6-5-7-11-21)27(37-23)29-38(33,34)25-12-9-18-36-25/h9,12-16,18,21,23H,2-8,10-11,17,19H2,1H3,(H,28,31). The summed E-state index contributed by atoms with van der Waals surface area (Å²) < 4.78 is 35.7. The Morgan fingerprint density at radius 1 is 1.11 bits per heavy atom. The van der Waals surface area contributed by atoms with Crippen LogP contribution in [0.25, 0.3) is 0 Å². The molecule has 1 saturated heterocycles. The number of thioether (sulfide) groups is 1. The maximum absolute atomic E-state index is 13.4. The van der Waals surface area contributed by atoms with E-state index in [1.54, 1.807) is 28.5 Å². The maximum Gasteiger partial charge on any atom is 0.294 e. The first kappa shape index (κ1) is 28.6. The fourth-order valence-corrected chi connectivity index (χ4v) is 8.02. The highest BCUT2D eigenvalue weighted by Crippen LogP contribution is 2.36. The maximum atomic E-state index is 13.4. The number of thiophene rings is 1. The fourth-order valence-electron chi connectivity index (χ4n) is 4.65. The number of sulfonamides is 1. The molecule has 2 heterocycles. The van der Waals surface area contributed by atoms with Crippen LogP contribution in [0.2, 0.25) is 0 Å². The monoisotopic (exact) mass is 577 g/mol. The van der Waals surface area contributed by atoms with Crippen molar-refractivity contribution in [2.45, 2.75) is 86.6 Å². The van der Waals surface area contributed by atoms with E-state index in [4.69, 9.17) is 4.74 Å². The third-order valence-electron chi connectivity index (χ3n) is 6.63. The molecular weight excluding hydrogens is 543 g/mol. The predicted molar refractivity (Wildman–Crippen MR) is 153 cm³/mol. The highest BCUT2D eigenvalue weighted by Gasteiger charge is 2.43. The minimum absolute atomic E-state index is 0.0690. The molecule has 2 aliphatic rings. The number of hydrogen-bond donors (Lipinski definition) is 1. The summed E-state index contributed by atoms with van der Waals surface area (Å²) in [5.74, 6) is 0.191. The first-order valence-corrected chi connectivity index (χ1v) is 16.5.